The van der Waals surface area contributed by atoms with Crippen LogP contribution in [0.25, 0.3) is 5.57 Å². The fourth-order valence-electron chi connectivity index (χ4n) is 3.03. The van der Waals surface area contributed by atoms with Crippen molar-refractivity contribution in [3.8, 4) is 6.07 Å². The van der Waals surface area contributed by atoms with E-state index in [1.165, 1.54) is 12.6 Å². The highest BCUT2D eigenvalue weighted by molar-refractivity contribution is 6.14. The van der Waals surface area contributed by atoms with Crippen molar-refractivity contribution in [2.45, 2.75) is 13.5 Å². The zero-order valence-electron chi connectivity index (χ0n) is 15.1. The Bertz CT molecular complexity index is 1170. The first-order valence-electron chi connectivity index (χ1n) is 8.51. The summed E-state index contributed by atoms with van der Waals surface area (Å²) in [5.41, 5.74) is 5.05. The van der Waals surface area contributed by atoms with E-state index in [2.05, 4.69) is 26.9 Å². The number of carbonyl (C=O) groups excluding carboxylic acids is 1. The van der Waals surface area contributed by atoms with Crippen molar-refractivity contribution in [1.29, 1.82) is 5.26 Å². The highest BCUT2D eigenvalue weighted by atomic mass is 16.3. The number of benzene rings is 1. The van der Waals surface area contributed by atoms with Crippen molar-refractivity contribution in [3.63, 3.8) is 0 Å². The lowest BCUT2D eigenvalue weighted by Gasteiger charge is -2.11. The maximum absolute atomic E-state index is 12.8. The van der Waals surface area contributed by atoms with Crippen LogP contribution in [0.4, 0.5) is 5.69 Å². The predicted octanol–water partition coefficient (Wildman–Crippen LogP) is 3.58. The molecule has 1 amide bonds. The molecular formula is C21H15N5O2. The summed E-state index contributed by atoms with van der Waals surface area (Å²) in [5.74, 6) is 0.208. The number of amides is 1. The molecule has 0 bridgehead atoms. The lowest BCUT2D eigenvalue weighted by Crippen LogP contribution is -2.16. The lowest BCUT2D eigenvalue weighted by atomic mass is 10.0. The molecule has 0 fully saturated rings. The van der Waals surface area contributed by atoms with E-state index in [0.29, 0.717) is 40.4 Å². The summed E-state index contributed by atoms with van der Waals surface area (Å²) < 4.78 is 5.35. The molecule has 1 N–H and O–H groups in total. The van der Waals surface area contributed by atoms with E-state index >= 15 is 0 Å². The number of aliphatic imine (C=N–C) groups is 1. The molecule has 2 aromatic heterocycles. The molecule has 1 aliphatic heterocycles. The number of rotatable bonds is 4. The van der Waals surface area contributed by atoms with Gasteiger partial charge in [0.05, 0.1) is 18.3 Å². The van der Waals surface area contributed by atoms with Gasteiger partial charge in [0.2, 0.25) is 0 Å². The van der Waals surface area contributed by atoms with Gasteiger partial charge < -0.3 is 9.73 Å². The lowest BCUT2D eigenvalue weighted by molar-refractivity contribution is 0.102. The molecule has 28 heavy (non-hydrogen) atoms. The number of nitrogens with zero attached hydrogens (tertiary/aromatic N) is 4. The Labute approximate surface area is 161 Å². The fraction of sp³-hybridized carbons (Fsp3) is 0.0952. The Morgan fingerprint density at radius 1 is 1.32 bits per heavy atom. The first-order chi connectivity index (χ1) is 13.6. The second-order valence-corrected chi connectivity index (χ2v) is 6.37. The Balaban J connectivity index is 1.64. The SMILES string of the molecule is C=C(C)c1cc(C#N)cnc1C(=O)Nc1ccc2c(c1)C(c1cnco1)=NC2. The van der Waals surface area contributed by atoms with E-state index in [-0.39, 0.29) is 11.6 Å². The van der Waals surface area contributed by atoms with Crippen LogP contribution in [0.1, 0.15) is 45.4 Å². The van der Waals surface area contributed by atoms with Gasteiger partial charge in [0, 0.05) is 23.0 Å². The molecule has 0 spiro atoms. The Kier molecular flexibility index (Phi) is 4.30. The molecular weight excluding hydrogens is 354 g/mol. The third-order valence-electron chi connectivity index (χ3n) is 4.39. The number of carbonyl (C=O) groups is 1. The molecule has 7 nitrogen and oxygen atoms in total. The second-order valence-electron chi connectivity index (χ2n) is 6.37. The standard InChI is InChI=1S/C21H15N5O2/c1-12(2)16-5-13(7-22)8-24-20(16)21(27)26-15-4-3-14-9-25-19(17(14)6-15)18-10-23-11-28-18/h3-6,8,10-11H,1,9H2,2H3,(H,26,27). The maximum Gasteiger partial charge on any atom is 0.274 e. The average molecular weight is 369 g/mol. The highest BCUT2D eigenvalue weighted by Gasteiger charge is 2.21. The average Bonchev–Trinajstić information content (AvgIpc) is 3.36. The van der Waals surface area contributed by atoms with Crippen molar-refractivity contribution < 1.29 is 9.21 Å². The van der Waals surface area contributed by atoms with Gasteiger partial charge in [-0.1, -0.05) is 12.6 Å². The zero-order chi connectivity index (χ0) is 19.7. The first kappa shape index (κ1) is 17.4. The smallest absolute Gasteiger partial charge is 0.274 e. The predicted molar refractivity (Wildman–Crippen MR) is 104 cm³/mol. The minimum absolute atomic E-state index is 0.219. The van der Waals surface area contributed by atoms with Crippen LogP contribution in [0, 0.1) is 11.3 Å². The number of fused-ring (bicyclic) bond motifs is 1. The van der Waals surface area contributed by atoms with Crippen LogP contribution in [-0.4, -0.2) is 21.6 Å². The van der Waals surface area contributed by atoms with E-state index in [9.17, 15) is 4.79 Å². The number of allylic oxidation sites excluding steroid dienone is 1. The summed E-state index contributed by atoms with van der Waals surface area (Å²) in [5, 5.41) is 11.9. The van der Waals surface area contributed by atoms with Gasteiger partial charge in [-0.15, -0.1) is 0 Å². The van der Waals surface area contributed by atoms with E-state index in [0.717, 1.165) is 11.1 Å². The Morgan fingerprint density at radius 2 is 2.18 bits per heavy atom. The van der Waals surface area contributed by atoms with Gasteiger partial charge in [0.15, 0.2) is 12.2 Å². The zero-order valence-corrected chi connectivity index (χ0v) is 15.1. The molecule has 136 valence electrons. The highest BCUT2D eigenvalue weighted by Crippen LogP contribution is 2.26. The van der Waals surface area contributed by atoms with E-state index in [4.69, 9.17) is 9.68 Å². The van der Waals surface area contributed by atoms with Crippen LogP contribution < -0.4 is 5.32 Å². The van der Waals surface area contributed by atoms with Gasteiger partial charge in [0.1, 0.15) is 17.5 Å². The number of nitrogens with one attached hydrogen (secondary N) is 1. The summed E-state index contributed by atoms with van der Waals surface area (Å²) in [6, 6.07) is 9.23. The molecule has 4 rings (SSSR count). The summed E-state index contributed by atoms with van der Waals surface area (Å²) in [4.78, 5) is 25.4. The molecule has 3 heterocycles. The summed E-state index contributed by atoms with van der Waals surface area (Å²) in [6.07, 6.45) is 4.34. The minimum Gasteiger partial charge on any atom is -0.442 e. The molecule has 0 saturated carbocycles. The van der Waals surface area contributed by atoms with Gasteiger partial charge in [-0.25, -0.2) is 9.97 Å². The van der Waals surface area contributed by atoms with Crippen molar-refractivity contribution in [2.24, 2.45) is 4.99 Å². The summed E-state index contributed by atoms with van der Waals surface area (Å²) in [7, 11) is 0. The second kappa shape index (κ2) is 6.93. The molecule has 7 heteroatoms. The van der Waals surface area contributed by atoms with Crippen molar-refractivity contribution in [3.05, 3.63) is 83.3 Å². The Morgan fingerprint density at radius 3 is 2.89 bits per heavy atom. The van der Waals surface area contributed by atoms with Crippen LogP contribution in [0.3, 0.4) is 0 Å². The minimum atomic E-state index is -0.376. The van der Waals surface area contributed by atoms with E-state index < -0.39 is 0 Å². The topological polar surface area (TPSA) is 104 Å². The van der Waals surface area contributed by atoms with Gasteiger partial charge in [-0.3, -0.25) is 9.79 Å². The first-order valence-corrected chi connectivity index (χ1v) is 8.51. The van der Waals surface area contributed by atoms with Crippen molar-refractivity contribution >= 4 is 22.9 Å². The summed E-state index contributed by atoms with van der Waals surface area (Å²) in [6.45, 7) is 6.20. The van der Waals surface area contributed by atoms with Crippen molar-refractivity contribution in [2.75, 3.05) is 5.32 Å². The van der Waals surface area contributed by atoms with Crippen LogP contribution in [0.15, 0.2) is 59.0 Å². The third kappa shape index (κ3) is 3.08. The molecule has 1 aromatic carbocycles. The molecule has 0 radical (unpaired) electrons. The number of aromatic nitrogens is 2. The van der Waals surface area contributed by atoms with Crippen LogP contribution in [0.5, 0.6) is 0 Å². The number of hydrogen-bond acceptors (Lipinski definition) is 6. The van der Waals surface area contributed by atoms with Crippen molar-refractivity contribution in [1.82, 2.24) is 9.97 Å². The molecule has 0 saturated heterocycles. The number of pyridine rings is 1. The molecule has 3 aromatic rings. The number of nitriles is 1. The van der Waals surface area contributed by atoms with Crippen LogP contribution >= 0.6 is 0 Å². The summed E-state index contributed by atoms with van der Waals surface area (Å²) >= 11 is 0. The third-order valence-corrected chi connectivity index (χ3v) is 4.39. The Hall–Kier alpha value is -4.05. The number of hydrogen-bond donors (Lipinski definition) is 1. The fourth-order valence-corrected chi connectivity index (χ4v) is 3.03. The monoisotopic (exact) mass is 369 g/mol. The number of oxazole rings is 1. The molecule has 0 unspecified atom stereocenters. The molecule has 1 aliphatic rings. The van der Waals surface area contributed by atoms with E-state index in [1.807, 2.05) is 24.3 Å². The largest absolute Gasteiger partial charge is 0.442 e. The van der Waals surface area contributed by atoms with Gasteiger partial charge in [-0.2, -0.15) is 5.26 Å². The maximum atomic E-state index is 12.8. The van der Waals surface area contributed by atoms with Gasteiger partial charge in [-0.05, 0) is 36.3 Å². The van der Waals surface area contributed by atoms with E-state index in [1.54, 1.807) is 19.2 Å². The van der Waals surface area contributed by atoms with Crippen LogP contribution in [-0.2, 0) is 6.54 Å². The quantitative estimate of drug-likeness (QED) is 0.757. The molecule has 0 aliphatic carbocycles. The van der Waals surface area contributed by atoms with Crippen LogP contribution in [0.2, 0.25) is 0 Å². The molecule has 0 atom stereocenters. The number of anilines is 1. The van der Waals surface area contributed by atoms with Gasteiger partial charge >= 0.3 is 0 Å². The normalized spacial score (nSPS) is 12.1. The van der Waals surface area contributed by atoms with Gasteiger partial charge in [0.25, 0.3) is 5.91 Å².